The van der Waals surface area contributed by atoms with Crippen LogP contribution in [0.4, 0.5) is 0 Å². The third-order valence-corrected chi connectivity index (χ3v) is 9.71. The maximum absolute atomic E-state index is 11.8. The van der Waals surface area contributed by atoms with Gasteiger partial charge < -0.3 is 10.2 Å². The van der Waals surface area contributed by atoms with Crippen LogP contribution < -0.4 is 0 Å². The molecule has 4 rings (SSSR count). The fourth-order valence-corrected chi connectivity index (χ4v) is 6.66. The minimum Gasteiger partial charge on any atom is -0.507 e. The van der Waals surface area contributed by atoms with E-state index in [1.165, 1.54) is 11.1 Å². The quantitative estimate of drug-likeness (QED) is 0.253. The lowest BCUT2D eigenvalue weighted by Crippen LogP contribution is -2.44. The van der Waals surface area contributed by atoms with Gasteiger partial charge in [0.05, 0.1) is 11.7 Å². The van der Waals surface area contributed by atoms with Crippen LogP contribution in [0.15, 0.2) is 53.7 Å². The maximum Gasteiger partial charge on any atom is 0.128 e. The third-order valence-electron chi connectivity index (χ3n) is 9.71. The first-order chi connectivity index (χ1) is 21.7. The van der Waals surface area contributed by atoms with Crippen molar-refractivity contribution in [2.45, 2.75) is 156 Å². The largest absolute Gasteiger partial charge is 0.507 e. The summed E-state index contributed by atoms with van der Waals surface area (Å²) in [6, 6.07) is 15.0. The van der Waals surface area contributed by atoms with Gasteiger partial charge in [-0.3, -0.25) is 14.9 Å². The molecular weight excluding hydrogens is 578 g/mol. The Hall–Kier alpha value is -3.18. The Morgan fingerprint density at radius 3 is 1.85 bits per heavy atom. The molecule has 256 valence electrons. The summed E-state index contributed by atoms with van der Waals surface area (Å²) in [6.07, 6.45) is 8.04. The predicted octanol–water partition coefficient (Wildman–Crippen LogP) is 10.1. The molecule has 3 aromatic rings. The molecule has 0 unspecified atom stereocenters. The van der Waals surface area contributed by atoms with E-state index in [4.69, 9.17) is 9.98 Å². The van der Waals surface area contributed by atoms with Gasteiger partial charge in [0.25, 0.3) is 0 Å². The van der Waals surface area contributed by atoms with E-state index < -0.39 is 0 Å². The first kappa shape index (κ1) is 36.7. The fourth-order valence-electron chi connectivity index (χ4n) is 6.66. The minimum atomic E-state index is -0.198. The van der Waals surface area contributed by atoms with Crippen LogP contribution in [0.5, 0.6) is 11.5 Å². The molecule has 0 amide bonds. The van der Waals surface area contributed by atoms with E-state index in [2.05, 4.69) is 118 Å². The molecule has 0 saturated heterocycles. The molecule has 5 nitrogen and oxygen atoms in total. The monoisotopic (exact) mass is 639 g/mol. The van der Waals surface area contributed by atoms with Crippen molar-refractivity contribution in [2.75, 3.05) is 0 Å². The molecular formula is C42H61N3O2. The molecule has 0 aliphatic heterocycles. The molecule has 1 aliphatic carbocycles. The molecule has 47 heavy (non-hydrogen) atoms. The van der Waals surface area contributed by atoms with Crippen LogP contribution in [0.3, 0.4) is 0 Å². The first-order valence-electron chi connectivity index (χ1n) is 17.6. The molecule has 1 aromatic heterocycles. The zero-order valence-corrected chi connectivity index (χ0v) is 31.3. The number of hydrogen-bond acceptors (Lipinski definition) is 5. The molecule has 1 fully saturated rings. The smallest absolute Gasteiger partial charge is 0.128 e. The summed E-state index contributed by atoms with van der Waals surface area (Å²) < 4.78 is 0. The van der Waals surface area contributed by atoms with Crippen LogP contribution >= 0.6 is 0 Å². The molecule has 1 aliphatic rings. The Kier molecular flexibility index (Phi) is 10.7. The second kappa shape index (κ2) is 13.7. The summed E-state index contributed by atoms with van der Waals surface area (Å²) in [4.78, 5) is 12.5. The number of aromatic hydroxyl groups is 2. The van der Waals surface area contributed by atoms with E-state index >= 15 is 0 Å². The lowest BCUT2D eigenvalue weighted by molar-refractivity contribution is 0.120. The second-order valence-corrected chi connectivity index (χ2v) is 17.9. The minimum absolute atomic E-state index is 0.0540. The van der Waals surface area contributed by atoms with Crippen LogP contribution in [-0.4, -0.2) is 38.4 Å². The summed E-state index contributed by atoms with van der Waals surface area (Å²) in [5.41, 5.74) is 6.61. The average molecular weight is 640 g/mol. The number of aliphatic imine (C=N–C) groups is 1. The van der Waals surface area contributed by atoms with E-state index in [0.29, 0.717) is 24.6 Å². The van der Waals surface area contributed by atoms with E-state index in [0.717, 1.165) is 53.6 Å². The standard InChI is InChI=1S/C42H61N3O2/c1-39(2,3)30-21-28(37(46)33(23-30)41(7,8)9)25-44-35-18-13-14-19-36(35)45(27-32-17-15-16-20-43-32)26-29-22-31(40(4,5)6)24-34(38(29)47)42(10,11)12/h15-17,20-25,35-36,46-47H,13-14,18-19,26-27H2,1-12H3/t35-,36-/m0/s1. The lowest BCUT2D eigenvalue weighted by Gasteiger charge is -2.39. The Morgan fingerprint density at radius 2 is 1.30 bits per heavy atom. The van der Waals surface area contributed by atoms with Crippen LogP contribution in [0, 0.1) is 0 Å². The van der Waals surface area contributed by atoms with Gasteiger partial charge in [-0.25, -0.2) is 0 Å². The number of nitrogens with zero attached hydrogens (tertiary/aromatic N) is 3. The number of phenolic OH excluding ortho intramolecular Hbond substituents is 2. The summed E-state index contributed by atoms with van der Waals surface area (Å²) in [5, 5.41) is 23.2. The summed E-state index contributed by atoms with van der Waals surface area (Å²) >= 11 is 0. The molecule has 2 aromatic carbocycles. The Balaban J connectivity index is 1.79. The SMILES string of the molecule is CC(C)(C)c1cc(C=N[C@H]2CCCC[C@@H]2N(Cc2ccccn2)Cc2cc(C(C)(C)C)cc(C(C)(C)C)c2O)c(O)c(C(C)(C)C)c1. The highest BCUT2D eigenvalue weighted by atomic mass is 16.3. The van der Waals surface area contributed by atoms with Gasteiger partial charge in [0, 0.05) is 48.2 Å². The molecule has 1 saturated carbocycles. The Bertz CT molecular complexity index is 1550. The van der Waals surface area contributed by atoms with Gasteiger partial charge in [-0.1, -0.05) is 120 Å². The van der Waals surface area contributed by atoms with Crippen LogP contribution in [0.2, 0.25) is 0 Å². The Labute approximate surface area is 285 Å². The zero-order valence-electron chi connectivity index (χ0n) is 31.3. The highest BCUT2D eigenvalue weighted by molar-refractivity contribution is 5.85. The normalized spacial score (nSPS) is 18.3. The van der Waals surface area contributed by atoms with Gasteiger partial charge in [-0.15, -0.1) is 0 Å². The summed E-state index contributed by atoms with van der Waals surface area (Å²) in [6.45, 7) is 27.6. The van der Waals surface area contributed by atoms with Gasteiger partial charge >= 0.3 is 0 Å². The van der Waals surface area contributed by atoms with Crippen molar-refractivity contribution in [1.29, 1.82) is 0 Å². The first-order valence-corrected chi connectivity index (χ1v) is 17.6. The topological polar surface area (TPSA) is 69.0 Å². The van der Waals surface area contributed by atoms with Crippen LogP contribution in [0.1, 0.15) is 148 Å². The van der Waals surface area contributed by atoms with Gasteiger partial charge in [0.2, 0.25) is 0 Å². The highest BCUT2D eigenvalue weighted by Gasteiger charge is 2.33. The van der Waals surface area contributed by atoms with Gasteiger partial charge in [0.15, 0.2) is 0 Å². The zero-order chi connectivity index (χ0) is 34.9. The third kappa shape index (κ3) is 9.04. The van der Waals surface area contributed by atoms with Crippen molar-refractivity contribution in [3.8, 4) is 11.5 Å². The lowest BCUT2D eigenvalue weighted by atomic mass is 9.78. The van der Waals surface area contributed by atoms with E-state index in [1.807, 2.05) is 24.5 Å². The molecule has 2 N–H and O–H groups in total. The van der Waals surface area contributed by atoms with Gasteiger partial charge in [-0.2, -0.15) is 0 Å². The summed E-state index contributed by atoms with van der Waals surface area (Å²) in [5.74, 6) is 0.719. The molecule has 2 atom stereocenters. The Morgan fingerprint density at radius 1 is 0.723 bits per heavy atom. The van der Waals surface area contributed by atoms with Gasteiger partial charge in [0.1, 0.15) is 11.5 Å². The summed E-state index contributed by atoms with van der Waals surface area (Å²) in [7, 11) is 0. The van der Waals surface area contributed by atoms with Crippen LogP contribution in [-0.2, 0) is 34.7 Å². The van der Waals surface area contributed by atoms with Crippen molar-refractivity contribution in [3.05, 3.63) is 87.7 Å². The predicted molar refractivity (Wildman–Crippen MR) is 198 cm³/mol. The molecule has 0 spiro atoms. The number of rotatable bonds is 7. The maximum atomic E-state index is 11.8. The van der Waals surface area contributed by atoms with Gasteiger partial charge in [-0.05, 0) is 69.4 Å². The molecule has 0 bridgehead atoms. The van der Waals surface area contributed by atoms with Crippen LogP contribution in [0.25, 0.3) is 0 Å². The van der Waals surface area contributed by atoms with E-state index in [9.17, 15) is 10.2 Å². The molecule has 5 heteroatoms. The number of benzene rings is 2. The second-order valence-electron chi connectivity index (χ2n) is 17.9. The molecule has 1 heterocycles. The van der Waals surface area contributed by atoms with Crippen molar-refractivity contribution in [2.24, 2.45) is 4.99 Å². The number of aromatic nitrogens is 1. The average Bonchev–Trinajstić information content (AvgIpc) is 2.95. The fraction of sp³-hybridized carbons (Fsp3) is 0.571. The van der Waals surface area contributed by atoms with Crippen molar-refractivity contribution < 1.29 is 10.2 Å². The van der Waals surface area contributed by atoms with Crippen molar-refractivity contribution in [3.63, 3.8) is 0 Å². The number of hydrogen-bond donors (Lipinski definition) is 2. The number of pyridine rings is 1. The van der Waals surface area contributed by atoms with E-state index in [1.54, 1.807) is 0 Å². The highest BCUT2D eigenvalue weighted by Crippen LogP contribution is 2.40. The van der Waals surface area contributed by atoms with E-state index in [-0.39, 0.29) is 33.7 Å². The van der Waals surface area contributed by atoms with Crippen molar-refractivity contribution >= 4 is 6.21 Å². The number of phenols is 2. The molecule has 0 radical (unpaired) electrons. The van der Waals surface area contributed by atoms with Crippen molar-refractivity contribution in [1.82, 2.24) is 9.88 Å².